The molecule has 1 rings (SSSR count). The number of rotatable bonds is 7. The maximum Gasteiger partial charge on any atom is 0.237 e. The van der Waals surface area contributed by atoms with E-state index in [4.69, 9.17) is 5.73 Å². The summed E-state index contributed by atoms with van der Waals surface area (Å²) in [6.45, 7) is 5.83. The van der Waals surface area contributed by atoms with E-state index in [-0.39, 0.29) is 11.9 Å². The van der Waals surface area contributed by atoms with Gasteiger partial charge in [-0.05, 0) is 27.2 Å². The van der Waals surface area contributed by atoms with Gasteiger partial charge in [-0.1, -0.05) is 11.8 Å². The molecule has 0 radical (unpaired) electrons. The van der Waals surface area contributed by atoms with E-state index in [0.717, 1.165) is 10.9 Å². The fourth-order valence-corrected chi connectivity index (χ4v) is 2.70. The maximum atomic E-state index is 11.5. The van der Waals surface area contributed by atoms with E-state index in [9.17, 15) is 4.79 Å². The fraction of sp³-hybridized carbons (Fsp3) is 0.727. The van der Waals surface area contributed by atoms with Crippen LogP contribution in [0.25, 0.3) is 0 Å². The number of primary amides is 1. The van der Waals surface area contributed by atoms with Crippen LogP contribution in [0.3, 0.4) is 0 Å². The van der Waals surface area contributed by atoms with Gasteiger partial charge in [0, 0.05) is 18.8 Å². The topological polar surface area (TPSA) is 85.8 Å². The summed E-state index contributed by atoms with van der Waals surface area (Å²) in [5.74, 6) is 0.431. The van der Waals surface area contributed by atoms with Crippen LogP contribution in [-0.4, -0.2) is 38.0 Å². The number of thioether (sulfide) groups is 1. The van der Waals surface area contributed by atoms with Gasteiger partial charge in [0.2, 0.25) is 5.91 Å². The number of hydrogen-bond donors (Lipinski definition) is 2. The minimum Gasteiger partial charge on any atom is -0.368 e. The van der Waals surface area contributed by atoms with Crippen LogP contribution in [-0.2, 0) is 11.8 Å². The standard InChI is InChI=1S/C11H21N5OS/c1-8(2)14-11(3,9(12)17)5-6-18-10-15-13-7-16(10)4/h7-8,14H,5-6H2,1-4H3,(H2,12,17). The first-order valence-electron chi connectivity index (χ1n) is 5.89. The Bertz CT molecular complexity index is 406. The largest absolute Gasteiger partial charge is 0.368 e. The van der Waals surface area contributed by atoms with Gasteiger partial charge in [0.15, 0.2) is 5.16 Å². The highest BCUT2D eigenvalue weighted by atomic mass is 32.2. The SMILES string of the molecule is CC(C)NC(C)(CCSc1nncn1C)C(N)=O. The van der Waals surface area contributed by atoms with E-state index < -0.39 is 5.54 Å². The lowest BCUT2D eigenvalue weighted by Crippen LogP contribution is -2.55. The molecule has 18 heavy (non-hydrogen) atoms. The second kappa shape index (κ2) is 6.19. The summed E-state index contributed by atoms with van der Waals surface area (Å²) in [5.41, 5.74) is 4.78. The Kier molecular flexibility index (Phi) is 5.15. The summed E-state index contributed by atoms with van der Waals surface area (Å²) in [4.78, 5) is 11.5. The minimum atomic E-state index is -0.681. The van der Waals surface area contributed by atoms with Gasteiger partial charge in [-0.15, -0.1) is 10.2 Å². The van der Waals surface area contributed by atoms with Crippen molar-refractivity contribution >= 4 is 17.7 Å². The van der Waals surface area contributed by atoms with Crippen LogP contribution in [0.1, 0.15) is 27.2 Å². The molecule has 7 heteroatoms. The third kappa shape index (κ3) is 3.99. The van der Waals surface area contributed by atoms with Crippen LogP contribution in [0.15, 0.2) is 11.5 Å². The zero-order valence-electron chi connectivity index (χ0n) is 11.3. The fourth-order valence-electron chi connectivity index (χ4n) is 1.65. The van der Waals surface area contributed by atoms with Crippen molar-refractivity contribution < 1.29 is 4.79 Å². The Balaban J connectivity index is 2.53. The third-order valence-corrected chi connectivity index (χ3v) is 3.69. The van der Waals surface area contributed by atoms with Crippen molar-refractivity contribution in [1.82, 2.24) is 20.1 Å². The van der Waals surface area contributed by atoms with Crippen molar-refractivity contribution in [3.05, 3.63) is 6.33 Å². The number of carbonyl (C=O) groups is 1. The van der Waals surface area contributed by atoms with Gasteiger partial charge in [0.05, 0.1) is 5.54 Å². The van der Waals surface area contributed by atoms with Crippen LogP contribution >= 0.6 is 11.8 Å². The molecule has 1 unspecified atom stereocenters. The van der Waals surface area contributed by atoms with Gasteiger partial charge in [-0.3, -0.25) is 4.79 Å². The Morgan fingerprint density at radius 2 is 2.33 bits per heavy atom. The highest BCUT2D eigenvalue weighted by Gasteiger charge is 2.31. The molecule has 1 aromatic heterocycles. The van der Waals surface area contributed by atoms with Gasteiger partial charge >= 0.3 is 0 Å². The third-order valence-electron chi connectivity index (χ3n) is 2.65. The summed E-state index contributed by atoms with van der Waals surface area (Å²) < 4.78 is 1.85. The van der Waals surface area contributed by atoms with Crippen LogP contribution < -0.4 is 11.1 Å². The molecule has 0 bridgehead atoms. The molecule has 3 N–H and O–H groups in total. The van der Waals surface area contributed by atoms with Gasteiger partial charge in [0.25, 0.3) is 0 Å². The lowest BCUT2D eigenvalue weighted by molar-refractivity contribution is -0.124. The molecule has 0 aliphatic rings. The average Bonchev–Trinajstić information content (AvgIpc) is 2.63. The van der Waals surface area contributed by atoms with E-state index in [1.165, 1.54) is 0 Å². The minimum absolute atomic E-state index is 0.210. The molecule has 102 valence electrons. The summed E-state index contributed by atoms with van der Waals surface area (Å²) in [6, 6.07) is 0.210. The number of amides is 1. The second-order valence-corrected chi connectivity index (χ2v) is 5.88. The van der Waals surface area contributed by atoms with Crippen molar-refractivity contribution in [2.75, 3.05) is 5.75 Å². The summed E-state index contributed by atoms with van der Waals surface area (Å²) in [5, 5.41) is 11.8. The molecule has 0 aromatic carbocycles. The molecule has 1 amide bonds. The molecule has 1 atom stereocenters. The van der Waals surface area contributed by atoms with E-state index >= 15 is 0 Å². The first kappa shape index (κ1) is 15.0. The Morgan fingerprint density at radius 1 is 1.67 bits per heavy atom. The average molecular weight is 271 g/mol. The van der Waals surface area contributed by atoms with Crippen LogP contribution in [0, 0.1) is 0 Å². The molecule has 0 saturated carbocycles. The number of nitrogens with one attached hydrogen (secondary N) is 1. The quantitative estimate of drug-likeness (QED) is 0.707. The number of hydrogen-bond acceptors (Lipinski definition) is 5. The monoisotopic (exact) mass is 271 g/mol. The Morgan fingerprint density at radius 3 is 2.78 bits per heavy atom. The molecule has 0 spiro atoms. The first-order chi connectivity index (χ1) is 8.35. The van der Waals surface area contributed by atoms with Crippen LogP contribution in [0.4, 0.5) is 0 Å². The highest BCUT2D eigenvalue weighted by molar-refractivity contribution is 7.99. The number of aromatic nitrogens is 3. The Labute approximate surface area is 112 Å². The van der Waals surface area contributed by atoms with Crippen molar-refractivity contribution in [2.45, 2.75) is 43.9 Å². The normalized spacial score (nSPS) is 14.7. The van der Waals surface area contributed by atoms with Crippen molar-refractivity contribution in [1.29, 1.82) is 0 Å². The predicted molar refractivity (Wildman–Crippen MR) is 72.2 cm³/mol. The Hall–Kier alpha value is -1.08. The summed E-state index contributed by atoms with van der Waals surface area (Å²) in [7, 11) is 1.89. The predicted octanol–water partition coefficient (Wildman–Crippen LogP) is 0.539. The zero-order chi connectivity index (χ0) is 13.8. The zero-order valence-corrected chi connectivity index (χ0v) is 12.1. The molecule has 1 aromatic rings. The molecule has 0 saturated heterocycles. The molecule has 0 aliphatic heterocycles. The van der Waals surface area contributed by atoms with E-state index in [1.807, 2.05) is 32.4 Å². The van der Waals surface area contributed by atoms with Crippen molar-refractivity contribution in [3.8, 4) is 0 Å². The second-order valence-electron chi connectivity index (χ2n) is 4.82. The van der Waals surface area contributed by atoms with Gasteiger partial charge in [-0.2, -0.15) is 0 Å². The molecule has 6 nitrogen and oxygen atoms in total. The number of nitrogens with zero attached hydrogens (tertiary/aromatic N) is 3. The number of carbonyl (C=O) groups excluding carboxylic acids is 1. The summed E-state index contributed by atoms with van der Waals surface area (Å²) >= 11 is 1.57. The van der Waals surface area contributed by atoms with Crippen LogP contribution in [0.5, 0.6) is 0 Å². The first-order valence-corrected chi connectivity index (χ1v) is 6.88. The van der Waals surface area contributed by atoms with Crippen LogP contribution in [0.2, 0.25) is 0 Å². The maximum absolute atomic E-state index is 11.5. The smallest absolute Gasteiger partial charge is 0.237 e. The molecule has 0 fully saturated rings. The molecular formula is C11H21N5OS. The number of aryl methyl sites for hydroxylation is 1. The molecular weight excluding hydrogens is 250 g/mol. The van der Waals surface area contributed by atoms with E-state index in [2.05, 4.69) is 15.5 Å². The van der Waals surface area contributed by atoms with Gasteiger partial charge in [-0.25, -0.2) is 0 Å². The lowest BCUT2D eigenvalue weighted by Gasteiger charge is -2.29. The number of nitrogens with two attached hydrogens (primary N) is 1. The van der Waals surface area contributed by atoms with Crippen molar-refractivity contribution in [2.24, 2.45) is 12.8 Å². The van der Waals surface area contributed by atoms with E-state index in [0.29, 0.717) is 6.42 Å². The van der Waals surface area contributed by atoms with Gasteiger partial charge in [0.1, 0.15) is 6.33 Å². The van der Waals surface area contributed by atoms with Gasteiger partial charge < -0.3 is 15.6 Å². The highest BCUT2D eigenvalue weighted by Crippen LogP contribution is 2.19. The molecule has 0 aliphatic carbocycles. The molecule has 1 heterocycles. The van der Waals surface area contributed by atoms with E-state index in [1.54, 1.807) is 18.1 Å². The van der Waals surface area contributed by atoms with Crippen molar-refractivity contribution in [3.63, 3.8) is 0 Å². The lowest BCUT2D eigenvalue weighted by atomic mass is 9.97. The summed E-state index contributed by atoms with van der Waals surface area (Å²) in [6.07, 6.45) is 2.31.